The van der Waals surface area contributed by atoms with Crippen molar-refractivity contribution in [2.24, 2.45) is 5.92 Å². The van der Waals surface area contributed by atoms with E-state index in [1.807, 2.05) is 4.90 Å². The van der Waals surface area contributed by atoms with Crippen LogP contribution in [0.25, 0.3) is 0 Å². The van der Waals surface area contributed by atoms with E-state index < -0.39 is 0 Å². The molecule has 1 aliphatic heterocycles. The minimum absolute atomic E-state index is 0.0322. The average molecular weight is 201 g/mol. The molecule has 1 rings (SSSR count). The highest BCUT2D eigenvalue weighted by Crippen LogP contribution is 2.35. The van der Waals surface area contributed by atoms with Crippen molar-refractivity contribution in [2.45, 2.75) is 45.5 Å². The zero-order valence-electron chi connectivity index (χ0n) is 9.13. The van der Waals surface area contributed by atoms with Crippen molar-refractivity contribution < 1.29 is 4.79 Å². The van der Waals surface area contributed by atoms with Crippen LogP contribution in [0.2, 0.25) is 0 Å². The molecule has 0 radical (unpaired) electrons. The largest absolute Gasteiger partial charge is 0.325 e. The Morgan fingerprint density at radius 2 is 2.00 bits per heavy atom. The Morgan fingerprint density at radius 3 is 2.31 bits per heavy atom. The molecule has 1 aliphatic rings. The Bertz CT molecular complexity index is 207. The minimum Gasteiger partial charge on any atom is -0.325 e. The standard InChI is InChI=1S/C10H19NOS/c1-7(2)9-11(10(3,4)5)8(12)6-13-9/h7,9H,6H2,1-5H3. The molecule has 0 aliphatic carbocycles. The van der Waals surface area contributed by atoms with Gasteiger partial charge in [-0.25, -0.2) is 0 Å². The van der Waals surface area contributed by atoms with Gasteiger partial charge in [0.1, 0.15) is 0 Å². The molecule has 0 saturated carbocycles. The maximum absolute atomic E-state index is 11.6. The lowest BCUT2D eigenvalue weighted by molar-refractivity contribution is -0.133. The van der Waals surface area contributed by atoms with Crippen LogP contribution in [0.4, 0.5) is 0 Å². The molecule has 1 fully saturated rings. The Balaban J connectivity index is 2.84. The van der Waals surface area contributed by atoms with Crippen LogP contribution in [0, 0.1) is 5.92 Å². The molecule has 0 bridgehead atoms. The second-order valence-electron chi connectivity index (χ2n) is 4.88. The van der Waals surface area contributed by atoms with Gasteiger partial charge in [-0.05, 0) is 26.7 Å². The van der Waals surface area contributed by atoms with Crippen molar-refractivity contribution in [2.75, 3.05) is 5.75 Å². The van der Waals surface area contributed by atoms with Gasteiger partial charge in [0, 0.05) is 5.54 Å². The van der Waals surface area contributed by atoms with E-state index in [9.17, 15) is 4.79 Å². The average Bonchev–Trinajstić information content (AvgIpc) is 2.28. The summed E-state index contributed by atoms with van der Waals surface area (Å²) >= 11 is 1.77. The van der Waals surface area contributed by atoms with E-state index in [4.69, 9.17) is 0 Å². The summed E-state index contributed by atoms with van der Waals surface area (Å²) in [7, 11) is 0. The molecule has 3 heteroatoms. The first-order valence-electron chi connectivity index (χ1n) is 4.78. The molecular formula is C10H19NOS. The molecule has 2 nitrogen and oxygen atoms in total. The first-order valence-corrected chi connectivity index (χ1v) is 5.82. The van der Waals surface area contributed by atoms with Crippen LogP contribution in [0.3, 0.4) is 0 Å². The zero-order valence-corrected chi connectivity index (χ0v) is 9.94. The van der Waals surface area contributed by atoms with Crippen LogP contribution in [0.1, 0.15) is 34.6 Å². The second kappa shape index (κ2) is 3.52. The molecule has 1 heterocycles. The van der Waals surface area contributed by atoms with Gasteiger partial charge in [0.2, 0.25) is 5.91 Å². The molecule has 1 unspecified atom stereocenters. The highest BCUT2D eigenvalue weighted by molar-refractivity contribution is 8.01. The van der Waals surface area contributed by atoms with Crippen molar-refractivity contribution in [1.82, 2.24) is 4.90 Å². The summed E-state index contributed by atoms with van der Waals surface area (Å²) in [5.74, 6) is 1.48. The van der Waals surface area contributed by atoms with Gasteiger partial charge in [-0.1, -0.05) is 13.8 Å². The Kier molecular flexibility index (Phi) is 2.95. The molecule has 76 valence electrons. The molecular weight excluding hydrogens is 182 g/mol. The molecule has 0 N–H and O–H groups in total. The molecule has 1 atom stereocenters. The van der Waals surface area contributed by atoms with Gasteiger partial charge in [0.05, 0.1) is 11.1 Å². The summed E-state index contributed by atoms with van der Waals surface area (Å²) < 4.78 is 0. The van der Waals surface area contributed by atoms with Crippen molar-refractivity contribution in [1.29, 1.82) is 0 Å². The zero-order chi connectivity index (χ0) is 10.2. The summed E-state index contributed by atoms with van der Waals surface area (Å²) in [4.78, 5) is 13.7. The molecule has 13 heavy (non-hydrogen) atoms. The molecule has 0 aromatic heterocycles. The van der Waals surface area contributed by atoms with Gasteiger partial charge in [-0.3, -0.25) is 4.79 Å². The van der Waals surface area contributed by atoms with Crippen LogP contribution in [0.5, 0.6) is 0 Å². The lowest BCUT2D eigenvalue weighted by Gasteiger charge is -2.38. The number of thioether (sulfide) groups is 1. The van der Waals surface area contributed by atoms with E-state index in [0.29, 0.717) is 17.0 Å². The van der Waals surface area contributed by atoms with Crippen LogP contribution in [0.15, 0.2) is 0 Å². The van der Waals surface area contributed by atoms with E-state index in [0.717, 1.165) is 0 Å². The Hall–Kier alpha value is -0.180. The summed E-state index contributed by atoms with van der Waals surface area (Å²) in [6.07, 6.45) is 0. The lowest BCUT2D eigenvalue weighted by atomic mass is 10.0. The number of amides is 1. The van der Waals surface area contributed by atoms with Gasteiger partial charge in [0.15, 0.2) is 0 Å². The third-order valence-electron chi connectivity index (χ3n) is 2.19. The van der Waals surface area contributed by atoms with Crippen molar-refractivity contribution >= 4 is 17.7 Å². The highest BCUT2D eigenvalue weighted by Gasteiger charge is 2.39. The maximum atomic E-state index is 11.6. The van der Waals surface area contributed by atoms with Crippen LogP contribution in [-0.4, -0.2) is 27.5 Å². The molecule has 0 aromatic rings. The number of rotatable bonds is 1. The van der Waals surface area contributed by atoms with E-state index in [1.54, 1.807) is 11.8 Å². The summed E-state index contributed by atoms with van der Waals surface area (Å²) in [5, 5.41) is 0.368. The quantitative estimate of drug-likeness (QED) is 0.649. The van der Waals surface area contributed by atoms with E-state index in [2.05, 4.69) is 34.6 Å². The monoisotopic (exact) mass is 201 g/mol. The van der Waals surface area contributed by atoms with Crippen LogP contribution >= 0.6 is 11.8 Å². The first kappa shape index (κ1) is 10.9. The summed E-state index contributed by atoms with van der Waals surface area (Å²) in [6, 6.07) is 0. The maximum Gasteiger partial charge on any atom is 0.233 e. The second-order valence-corrected chi connectivity index (χ2v) is 5.99. The molecule has 0 spiro atoms. The number of hydrogen-bond acceptors (Lipinski definition) is 2. The minimum atomic E-state index is -0.0322. The van der Waals surface area contributed by atoms with Crippen molar-refractivity contribution in [3.8, 4) is 0 Å². The van der Waals surface area contributed by atoms with Crippen LogP contribution in [-0.2, 0) is 4.79 Å². The van der Waals surface area contributed by atoms with Gasteiger partial charge in [-0.15, -0.1) is 11.8 Å². The number of hydrogen-bond donors (Lipinski definition) is 0. The third kappa shape index (κ3) is 2.19. The first-order chi connectivity index (χ1) is 5.84. The topological polar surface area (TPSA) is 20.3 Å². The molecule has 1 saturated heterocycles. The fraction of sp³-hybridized carbons (Fsp3) is 0.900. The highest BCUT2D eigenvalue weighted by atomic mass is 32.2. The van der Waals surface area contributed by atoms with E-state index in [1.165, 1.54) is 0 Å². The molecule has 1 amide bonds. The number of carbonyl (C=O) groups excluding carboxylic acids is 1. The number of nitrogens with zero attached hydrogens (tertiary/aromatic N) is 1. The fourth-order valence-corrected chi connectivity index (χ4v) is 3.11. The van der Waals surface area contributed by atoms with Gasteiger partial charge in [-0.2, -0.15) is 0 Å². The lowest BCUT2D eigenvalue weighted by Crippen LogP contribution is -2.48. The van der Waals surface area contributed by atoms with E-state index >= 15 is 0 Å². The Labute approximate surface area is 85.1 Å². The predicted molar refractivity (Wildman–Crippen MR) is 57.7 cm³/mol. The summed E-state index contributed by atoms with van der Waals surface area (Å²) in [5.41, 5.74) is -0.0322. The SMILES string of the molecule is CC(C)C1SCC(=O)N1C(C)(C)C. The van der Waals surface area contributed by atoms with Gasteiger partial charge >= 0.3 is 0 Å². The van der Waals surface area contributed by atoms with E-state index in [-0.39, 0.29) is 11.4 Å². The van der Waals surface area contributed by atoms with Crippen molar-refractivity contribution in [3.63, 3.8) is 0 Å². The summed E-state index contributed by atoms with van der Waals surface area (Å²) in [6.45, 7) is 10.7. The normalized spacial score (nSPS) is 24.6. The van der Waals surface area contributed by atoms with Crippen LogP contribution < -0.4 is 0 Å². The fourth-order valence-electron chi connectivity index (χ4n) is 1.69. The van der Waals surface area contributed by atoms with Crippen molar-refractivity contribution in [3.05, 3.63) is 0 Å². The van der Waals surface area contributed by atoms with Gasteiger partial charge in [0.25, 0.3) is 0 Å². The number of carbonyl (C=O) groups is 1. The Morgan fingerprint density at radius 1 is 1.46 bits per heavy atom. The smallest absolute Gasteiger partial charge is 0.233 e. The third-order valence-corrected chi connectivity index (χ3v) is 3.70. The predicted octanol–water partition coefficient (Wildman–Crippen LogP) is 2.34. The van der Waals surface area contributed by atoms with Gasteiger partial charge < -0.3 is 4.90 Å². The molecule has 0 aromatic carbocycles.